The molecule has 122 valence electrons. The second-order valence-electron chi connectivity index (χ2n) is 5.20. The van der Waals surface area contributed by atoms with Gasteiger partial charge >= 0.3 is 6.18 Å². The first-order chi connectivity index (χ1) is 10.4. The van der Waals surface area contributed by atoms with Crippen molar-refractivity contribution in [2.24, 2.45) is 5.92 Å². The van der Waals surface area contributed by atoms with Gasteiger partial charge < -0.3 is 10.4 Å². The molecule has 22 heavy (non-hydrogen) atoms. The van der Waals surface area contributed by atoms with Crippen LogP contribution >= 0.6 is 11.8 Å². The summed E-state index contributed by atoms with van der Waals surface area (Å²) in [6, 6.07) is 2.19. The van der Waals surface area contributed by atoms with Crippen molar-refractivity contribution < 1.29 is 23.1 Å². The van der Waals surface area contributed by atoms with Gasteiger partial charge in [-0.2, -0.15) is 13.2 Å². The number of carbonyl (C=O) groups excluding carboxylic acids is 1. The van der Waals surface area contributed by atoms with Gasteiger partial charge in [-0.25, -0.2) is 4.98 Å². The average molecular weight is 334 g/mol. The minimum absolute atomic E-state index is 0.0151. The van der Waals surface area contributed by atoms with Gasteiger partial charge in [-0.15, -0.1) is 0 Å². The maximum atomic E-state index is 12.4. The number of pyridine rings is 1. The second-order valence-corrected chi connectivity index (χ2v) is 6.19. The van der Waals surface area contributed by atoms with Crippen LogP contribution in [0.3, 0.4) is 0 Å². The summed E-state index contributed by atoms with van der Waals surface area (Å²) in [7, 11) is 0. The Labute approximate surface area is 130 Å². The third-order valence-electron chi connectivity index (χ3n) is 3.39. The third-order valence-corrected chi connectivity index (χ3v) is 4.34. The lowest BCUT2D eigenvalue weighted by atomic mass is 10.1. The molecule has 1 aliphatic rings. The molecule has 1 saturated carbocycles. The zero-order chi connectivity index (χ0) is 16.2. The number of hydrogen-bond donors (Lipinski definition) is 2. The Morgan fingerprint density at radius 3 is 2.68 bits per heavy atom. The highest BCUT2D eigenvalue weighted by Crippen LogP contribution is 2.34. The van der Waals surface area contributed by atoms with Crippen molar-refractivity contribution >= 4 is 17.7 Å². The van der Waals surface area contributed by atoms with Gasteiger partial charge in [0, 0.05) is 18.8 Å². The number of thioether (sulfide) groups is 1. The molecular weight excluding hydrogens is 317 g/mol. The number of amides is 1. The number of aliphatic hydroxyl groups is 1. The fraction of sp³-hybridized carbons (Fsp3) is 0.571. The molecule has 4 nitrogen and oxygen atoms in total. The molecule has 0 saturated heterocycles. The molecule has 1 aromatic rings. The highest BCUT2D eigenvalue weighted by Gasteiger charge is 2.32. The number of halogens is 3. The number of aliphatic hydroxyl groups excluding tert-OH is 1. The Hall–Kier alpha value is -1.28. The van der Waals surface area contributed by atoms with E-state index in [4.69, 9.17) is 5.11 Å². The quantitative estimate of drug-likeness (QED) is 0.752. The standard InChI is InChI=1S/C14H17F3N2O2S/c15-14(16,17)10-3-4-13(18-7-10)22-8-12(21)19-11(5-6-20)9-1-2-9/h3-4,7,9,11,20H,1-2,5-6,8H2,(H,19,21). The van der Waals surface area contributed by atoms with Crippen molar-refractivity contribution in [2.75, 3.05) is 12.4 Å². The highest BCUT2D eigenvalue weighted by atomic mass is 32.2. The van der Waals surface area contributed by atoms with Crippen LogP contribution in [0.15, 0.2) is 23.4 Å². The molecule has 0 spiro atoms. The Balaban J connectivity index is 1.80. The number of rotatable bonds is 7. The SMILES string of the molecule is O=C(CSc1ccc(C(F)(F)F)cn1)NC(CCO)C1CC1. The van der Waals surface area contributed by atoms with Crippen LogP contribution in [-0.2, 0) is 11.0 Å². The van der Waals surface area contributed by atoms with Crippen LogP contribution in [-0.4, -0.2) is 34.4 Å². The molecule has 1 unspecified atom stereocenters. The van der Waals surface area contributed by atoms with Gasteiger partial charge in [-0.3, -0.25) is 4.79 Å². The summed E-state index contributed by atoms with van der Waals surface area (Å²) in [5, 5.41) is 12.2. The first-order valence-corrected chi connectivity index (χ1v) is 7.95. The van der Waals surface area contributed by atoms with E-state index in [1.807, 2.05) is 0 Å². The zero-order valence-electron chi connectivity index (χ0n) is 11.8. The van der Waals surface area contributed by atoms with E-state index in [-0.39, 0.29) is 24.3 Å². The van der Waals surface area contributed by atoms with Crippen molar-refractivity contribution in [3.05, 3.63) is 23.9 Å². The third kappa shape index (κ3) is 5.17. The van der Waals surface area contributed by atoms with E-state index < -0.39 is 11.7 Å². The lowest BCUT2D eigenvalue weighted by molar-refractivity contribution is -0.137. The minimum Gasteiger partial charge on any atom is -0.396 e. The van der Waals surface area contributed by atoms with Crippen LogP contribution in [0, 0.1) is 5.92 Å². The number of hydrogen-bond acceptors (Lipinski definition) is 4. The van der Waals surface area contributed by atoms with E-state index in [1.54, 1.807) is 0 Å². The fourth-order valence-corrected chi connectivity index (χ4v) is 2.74. The minimum atomic E-state index is -4.41. The monoisotopic (exact) mass is 334 g/mol. The maximum absolute atomic E-state index is 12.4. The van der Waals surface area contributed by atoms with Gasteiger partial charge in [-0.1, -0.05) is 11.8 Å². The molecule has 1 atom stereocenters. The van der Waals surface area contributed by atoms with E-state index >= 15 is 0 Å². The first kappa shape index (κ1) is 17.1. The van der Waals surface area contributed by atoms with E-state index in [0.717, 1.165) is 36.9 Å². The molecule has 1 aliphatic carbocycles. The molecule has 0 bridgehead atoms. The normalized spacial score (nSPS) is 16.4. The largest absolute Gasteiger partial charge is 0.417 e. The lowest BCUT2D eigenvalue weighted by Crippen LogP contribution is -2.38. The van der Waals surface area contributed by atoms with Crippen LogP contribution < -0.4 is 5.32 Å². The van der Waals surface area contributed by atoms with Crippen molar-refractivity contribution in [1.82, 2.24) is 10.3 Å². The van der Waals surface area contributed by atoms with E-state index in [2.05, 4.69) is 10.3 Å². The smallest absolute Gasteiger partial charge is 0.396 e. The number of nitrogens with zero attached hydrogens (tertiary/aromatic N) is 1. The Morgan fingerprint density at radius 2 is 2.18 bits per heavy atom. The molecule has 0 aromatic carbocycles. The van der Waals surface area contributed by atoms with E-state index in [1.165, 1.54) is 6.07 Å². The summed E-state index contributed by atoms with van der Waals surface area (Å²) in [6.07, 6.45) is -1.01. The molecule has 1 amide bonds. The molecule has 1 heterocycles. The van der Waals surface area contributed by atoms with Crippen molar-refractivity contribution in [3.8, 4) is 0 Å². The summed E-state index contributed by atoms with van der Waals surface area (Å²) in [5.74, 6) is 0.329. The Morgan fingerprint density at radius 1 is 1.45 bits per heavy atom. The van der Waals surface area contributed by atoms with Gasteiger partial charge in [0.25, 0.3) is 0 Å². The predicted octanol–water partition coefficient (Wildman–Crippen LogP) is 2.47. The lowest BCUT2D eigenvalue weighted by Gasteiger charge is -2.16. The summed E-state index contributed by atoms with van der Waals surface area (Å²) >= 11 is 1.09. The molecule has 0 aliphatic heterocycles. The average Bonchev–Trinajstić information content (AvgIpc) is 3.29. The molecule has 8 heteroatoms. The van der Waals surface area contributed by atoms with Crippen LogP contribution in [0.1, 0.15) is 24.8 Å². The molecule has 2 N–H and O–H groups in total. The van der Waals surface area contributed by atoms with Crippen LogP contribution in [0.2, 0.25) is 0 Å². The van der Waals surface area contributed by atoms with Gasteiger partial charge in [0.05, 0.1) is 16.3 Å². The zero-order valence-corrected chi connectivity index (χ0v) is 12.6. The fourth-order valence-electron chi connectivity index (χ4n) is 2.08. The second kappa shape index (κ2) is 7.32. The Kier molecular flexibility index (Phi) is 5.69. The molecule has 1 aromatic heterocycles. The van der Waals surface area contributed by atoms with Crippen LogP contribution in [0.4, 0.5) is 13.2 Å². The highest BCUT2D eigenvalue weighted by molar-refractivity contribution is 7.99. The Bertz CT molecular complexity index is 504. The predicted molar refractivity (Wildman–Crippen MR) is 76.3 cm³/mol. The molecular formula is C14H17F3N2O2S. The number of nitrogens with one attached hydrogen (secondary N) is 1. The number of aromatic nitrogens is 1. The molecule has 2 rings (SSSR count). The number of alkyl halides is 3. The maximum Gasteiger partial charge on any atom is 0.417 e. The van der Waals surface area contributed by atoms with Crippen LogP contribution in [0.5, 0.6) is 0 Å². The van der Waals surface area contributed by atoms with Crippen molar-refractivity contribution in [2.45, 2.75) is 36.5 Å². The van der Waals surface area contributed by atoms with Crippen LogP contribution in [0.25, 0.3) is 0 Å². The van der Waals surface area contributed by atoms with Crippen molar-refractivity contribution in [3.63, 3.8) is 0 Å². The molecule has 0 radical (unpaired) electrons. The van der Waals surface area contributed by atoms with Gasteiger partial charge in [-0.05, 0) is 37.3 Å². The number of carbonyl (C=O) groups is 1. The topological polar surface area (TPSA) is 62.2 Å². The summed E-state index contributed by atoms with van der Waals surface area (Å²) in [6.45, 7) is 0.0229. The first-order valence-electron chi connectivity index (χ1n) is 6.96. The van der Waals surface area contributed by atoms with Gasteiger partial charge in [0.1, 0.15) is 0 Å². The summed E-state index contributed by atoms with van der Waals surface area (Å²) in [4.78, 5) is 15.5. The van der Waals surface area contributed by atoms with Crippen molar-refractivity contribution in [1.29, 1.82) is 0 Å². The summed E-state index contributed by atoms with van der Waals surface area (Å²) < 4.78 is 37.2. The molecule has 1 fully saturated rings. The summed E-state index contributed by atoms with van der Waals surface area (Å²) in [5.41, 5.74) is -0.807. The van der Waals surface area contributed by atoms with Gasteiger partial charge in [0.2, 0.25) is 5.91 Å². The van der Waals surface area contributed by atoms with Gasteiger partial charge in [0.15, 0.2) is 0 Å². The van der Waals surface area contributed by atoms with E-state index in [0.29, 0.717) is 17.4 Å². The van der Waals surface area contributed by atoms with E-state index in [9.17, 15) is 18.0 Å².